The highest BCUT2D eigenvalue weighted by atomic mass is 32.2. The highest BCUT2D eigenvalue weighted by Crippen LogP contribution is 2.24. The summed E-state index contributed by atoms with van der Waals surface area (Å²) in [6.45, 7) is 4.31. The van der Waals surface area contributed by atoms with Crippen molar-refractivity contribution in [2.45, 2.75) is 31.3 Å². The number of hydrogen-bond donors (Lipinski definition) is 2. The van der Waals surface area contributed by atoms with Crippen molar-refractivity contribution in [2.75, 3.05) is 16.9 Å². The second-order valence-electron chi connectivity index (χ2n) is 6.42. The fourth-order valence-electron chi connectivity index (χ4n) is 2.66. The Hall–Kier alpha value is -2.87. The Morgan fingerprint density at radius 2 is 1.93 bits per heavy atom. The monoisotopic (exact) mass is 399 g/mol. The summed E-state index contributed by atoms with van der Waals surface area (Å²) in [4.78, 5) is 12.2. The molecular weight excluding hydrogens is 377 g/mol. The van der Waals surface area contributed by atoms with Crippen LogP contribution in [0.15, 0.2) is 53.7 Å². The fourth-order valence-corrected chi connectivity index (χ4v) is 3.32. The van der Waals surface area contributed by atoms with Crippen LogP contribution in [0, 0.1) is 5.82 Å². The molecule has 1 amide bonds. The van der Waals surface area contributed by atoms with Crippen LogP contribution in [-0.4, -0.2) is 26.5 Å². The van der Waals surface area contributed by atoms with E-state index in [-0.39, 0.29) is 23.0 Å². The van der Waals surface area contributed by atoms with Gasteiger partial charge in [0.2, 0.25) is 11.1 Å². The van der Waals surface area contributed by atoms with Crippen LogP contribution in [0.2, 0.25) is 0 Å². The smallest absolute Gasteiger partial charge is 0.234 e. The van der Waals surface area contributed by atoms with Crippen LogP contribution in [0.5, 0.6) is 0 Å². The molecule has 8 heteroatoms. The molecule has 1 aromatic heterocycles. The van der Waals surface area contributed by atoms with Crippen molar-refractivity contribution >= 4 is 23.4 Å². The minimum atomic E-state index is -0.434. The molecule has 28 heavy (non-hydrogen) atoms. The quantitative estimate of drug-likeness (QED) is 0.463. The molecule has 0 radical (unpaired) electrons. The van der Waals surface area contributed by atoms with E-state index in [4.69, 9.17) is 5.84 Å². The molecule has 1 heterocycles. The predicted octanol–water partition coefficient (Wildman–Crippen LogP) is 4.04. The van der Waals surface area contributed by atoms with E-state index in [1.807, 2.05) is 24.3 Å². The van der Waals surface area contributed by atoms with Crippen LogP contribution < -0.4 is 11.2 Å². The van der Waals surface area contributed by atoms with Crippen molar-refractivity contribution in [3.63, 3.8) is 0 Å². The molecular formula is C20H22FN5OS. The summed E-state index contributed by atoms with van der Waals surface area (Å²) in [6, 6.07) is 14.0. The second-order valence-corrected chi connectivity index (χ2v) is 7.37. The van der Waals surface area contributed by atoms with Crippen molar-refractivity contribution in [1.29, 1.82) is 0 Å². The first-order valence-corrected chi connectivity index (χ1v) is 9.96. The number of aromatic nitrogens is 3. The summed E-state index contributed by atoms with van der Waals surface area (Å²) in [5, 5.41) is 11.1. The second kappa shape index (κ2) is 8.88. The average molecular weight is 399 g/mol. The van der Waals surface area contributed by atoms with Gasteiger partial charge in [0.25, 0.3) is 0 Å². The fraction of sp³-hybridized carbons (Fsp3) is 0.250. The first kappa shape index (κ1) is 19.9. The third-order valence-electron chi connectivity index (χ3n) is 4.49. The molecule has 0 aliphatic carbocycles. The Bertz CT molecular complexity index is 957. The van der Waals surface area contributed by atoms with E-state index in [9.17, 15) is 9.18 Å². The van der Waals surface area contributed by atoms with Gasteiger partial charge in [-0.05, 0) is 42.2 Å². The average Bonchev–Trinajstić information content (AvgIpc) is 3.07. The van der Waals surface area contributed by atoms with Crippen LogP contribution in [0.4, 0.5) is 10.1 Å². The third kappa shape index (κ3) is 4.51. The maximum absolute atomic E-state index is 13.9. The van der Waals surface area contributed by atoms with Gasteiger partial charge in [-0.15, -0.1) is 10.2 Å². The van der Waals surface area contributed by atoms with E-state index < -0.39 is 5.82 Å². The number of anilines is 1. The van der Waals surface area contributed by atoms with Gasteiger partial charge < -0.3 is 11.2 Å². The number of nitrogens with zero attached hydrogens (tertiary/aromatic N) is 3. The minimum Gasteiger partial charge on any atom is -0.335 e. The number of benzene rings is 2. The van der Waals surface area contributed by atoms with Gasteiger partial charge in [0.1, 0.15) is 5.82 Å². The number of nitrogen functional groups attached to an aromatic ring is 1. The minimum absolute atomic E-state index is 0.111. The van der Waals surface area contributed by atoms with Crippen LogP contribution in [0.1, 0.15) is 31.7 Å². The normalized spacial score (nSPS) is 12.0. The van der Waals surface area contributed by atoms with E-state index in [2.05, 4.69) is 29.4 Å². The van der Waals surface area contributed by atoms with Gasteiger partial charge in [0, 0.05) is 5.69 Å². The van der Waals surface area contributed by atoms with Crippen molar-refractivity contribution in [3.8, 4) is 11.4 Å². The Labute approximate surface area is 167 Å². The van der Waals surface area contributed by atoms with E-state index in [1.54, 1.807) is 18.2 Å². The molecule has 0 bridgehead atoms. The van der Waals surface area contributed by atoms with Crippen molar-refractivity contribution < 1.29 is 9.18 Å². The molecule has 3 N–H and O–H groups in total. The first-order valence-electron chi connectivity index (χ1n) is 8.97. The van der Waals surface area contributed by atoms with Gasteiger partial charge in [-0.1, -0.05) is 49.9 Å². The summed E-state index contributed by atoms with van der Waals surface area (Å²) in [6.07, 6.45) is 1.07. The maximum atomic E-state index is 13.9. The number of halogens is 1. The van der Waals surface area contributed by atoms with E-state index in [1.165, 1.54) is 16.3 Å². The van der Waals surface area contributed by atoms with Crippen LogP contribution in [-0.2, 0) is 4.79 Å². The lowest BCUT2D eigenvalue weighted by atomic mass is 9.99. The van der Waals surface area contributed by atoms with Gasteiger partial charge in [-0.3, -0.25) is 4.79 Å². The molecule has 1 atom stereocenters. The van der Waals surface area contributed by atoms with Crippen LogP contribution in [0.3, 0.4) is 0 Å². The zero-order valence-electron chi connectivity index (χ0n) is 15.7. The summed E-state index contributed by atoms with van der Waals surface area (Å²) in [7, 11) is 0. The largest absolute Gasteiger partial charge is 0.335 e. The topological polar surface area (TPSA) is 85.8 Å². The Morgan fingerprint density at radius 3 is 2.61 bits per heavy atom. The summed E-state index contributed by atoms with van der Waals surface area (Å²) < 4.78 is 15.1. The number of thioether (sulfide) groups is 1. The molecule has 3 rings (SSSR count). The Morgan fingerprint density at radius 1 is 1.21 bits per heavy atom. The molecule has 0 aliphatic rings. The van der Waals surface area contributed by atoms with Crippen molar-refractivity contribution in [2.24, 2.45) is 0 Å². The molecule has 0 aliphatic heterocycles. The van der Waals surface area contributed by atoms with Gasteiger partial charge in [-0.25, -0.2) is 9.07 Å². The number of nitrogens with one attached hydrogen (secondary N) is 1. The van der Waals surface area contributed by atoms with Gasteiger partial charge in [-0.2, -0.15) is 0 Å². The molecule has 1 unspecified atom stereocenters. The molecule has 3 aromatic rings. The van der Waals surface area contributed by atoms with Gasteiger partial charge in [0.15, 0.2) is 5.82 Å². The highest BCUT2D eigenvalue weighted by molar-refractivity contribution is 7.99. The number of hydrogen-bond acceptors (Lipinski definition) is 5. The molecule has 6 nitrogen and oxygen atoms in total. The van der Waals surface area contributed by atoms with Crippen LogP contribution in [0.25, 0.3) is 11.4 Å². The molecule has 146 valence electrons. The summed E-state index contributed by atoms with van der Waals surface area (Å²) in [5.41, 5.74) is 2.24. The lowest BCUT2D eigenvalue weighted by Gasteiger charge is -2.10. The Kier molecular flexibility index (Phi) is 6.30. The van der Waals surface area contributed by atoms with Gasteiger partial charge in [0.05, 0.1) is 11.3 Å². The van der Waals surface area contributed by atoms with Crippen molar-refractivity contribution in [1.82, 2.24) is 14.9 Å². The molecule has 0 saturated heterocycles. The third-order valence-corrected chi connectivity index (χ3v) is 5.43. The van der Waals surface area contributed by atoms with Gasteiger partial charge >= 0.3 is 0 Å². The number of carbonyl (C=O) groups is 1. The first-order chi connectivity index (χ1) is 13.5. The lowest BCUT2D eigenvalue weighted by Crippen LogP contribution is -2.16. The van der Waals surface area contributed by atoms with Crippen molar-refractivity contribution in [3.05, 3.63) is 59.9 Å². The standard InChI is InChI=1S/C20H22FN5OS/c1-3-13(2)14-8-10-15(11-9-14)23-18(27)12-28-20-25-24-19(26(20)22)16-6-4-5-7-17(16)21/h4-11,13H,3,12,22H2,1-2H3,(H,23,27). The molecule has 0 fully saturated rings. The number of rotatable bonds is 7. The maximum Gasteiger partial charge on any atom is 0.234 e. The Balaban J connectivity index is 1.60. The molecule has 2 aromatic carbocycles. The van der Waals surface area contributed by atoms with Crippen LogP contribution >= 0.6 is 11.8 Å². The van der Waals surface area contributed by atoms with E-state index in [0.717, 1.165) is 23.9 Å². The summed E-state index contributed by atoms with van der Waals surface area (Å²) >= 11 is 1.14. The molecule has 0 spiro atoms. The van der Waals surface area contributed by atoms with E-state index >= 15 is 0 Å². The van der Waals surface area contributed by atoms with E-state index in [0.29, 0.717) is 11.1 Å². The lowest BCUT2D eigenvalue weighted by molar-refractivity contribution is -0.113. The highest BCUT2D eigenvalue weighted by Gasteiger charge is 2.16. The molecule has 0 saturated carbocycles. The summed E-state index contributed by atoms with van der Waals surface area (Å²) in [5.74, 6) is 6.16. The predicted molar refractivity (Wildman–Crippen MR) is 110 cm³/mol. The zero-order valence-corrected chi connectivity index (χ0v) is 16.5. The number of nitrogens with two attached hydrogens (primary N) is 1. The SMILES string of the molecule is CCC(C)c1ccc(NC(=O)CSc2nnc(-c3ccccc3F)n2N)cc1. The zero-order chi connectivity index (χ0) is 20.1. The number of carbonyl (C=O) groups excluding carboxylic acids is 1. The number of amides is 1.